The summed E-state index contributed by atoms with van der Waals surface area (Å²) in [5, 5.41) is 2.74. The van der Waals surface area contributed by atoms with Gasteiger partial charge in [-0.2, -0.15) is 0 Å². The van der Waals surface area contributed by atoms with Crippen LogP contribution in [0.3, 0.4) is 0 Å². The van der Waals surface area contributed by atoms with Crippen molar-refractivity contribution in [3.63, 3.8) is 0 Å². The fourth-order valence-corrected chi connectivity index (χ4v) is 1.62. The summed E-state index contributed by atoms with van der Waals surface area (Å²) in [7, 11) is 0. The van der Waals surface area contributed by atoms with Gasteiger partial charge in [0.05, 0.1) is 17.6 Å². The van der Waals surface area contributed by atoms with Gasteiger partial charge in [0.2, 0.25) is 5.91 Å². The first-order valence-electron chi connectivity index (χ1n) is 5.60. The van der Waals surface area contributed by atoms with Gasteiger partial charge in [0.15, 0.2) is 6.29 Å². The molecule has 0 bridgehead atoms. The van der Waals surface area contributed by atoms with E-state index in [-0.39, 0.29) is 5.91 Å². The number of aldehydes is 1. The normalized spacial score (nSPS) is 10.0. The quantitative estimate of drug-likeness (QED) is 0.813. The van der Waals surface area contributed by atoms with Crippen LogP contribution in [0.15, 0.2) is 42.9 Å². The lowest BCUT2D eigenvalue weighted by Gasteiger charge is -2.06. The Balaban J connectivity index is 1.87. The summed E-state index contributed by atoms with van der Waals surface area (Å²) in [6.45, 7) is 0.479. The van der Waals surface area contributed by atoms with Crippen LogP contribution in [0, 0.1) is 0 Å². The van der Waals surface area contributed by atoms with Crippen molar-refractivity contribution in [1.82, 2.24) is 9.55 Å². The number of aryl methyl sites for hydroxylation is 1. The molecule has 0 saturated heterocycles. The van der Waals surface area contributed by atoms with E-state index < -0.39 is 0 Å². The summed E-state index contributed by atoms with van der Waals surface area (Å²) in [5.41, 5.74) is 1.25. The summed E-state index contributed by atoms with van der Waals surface area (Å²) < 4.78 is 1.75. The molecule has 2 aromatic heterocycles. The molecular weight excluding hydrogens is 230 g/mol. The zero-order valence-electron chi connectivity index (χ0n) is 9.74. The van der Waals surface area contributed by atoms with Gasteiger partial charge in [0.1, 0.15) is 0 Å². The van der Waals surface area contributed by atoms with E-state index in [9.17, 15) is 9.59 Å². The van der Waals surface area contributed by atoms with Crippen LogP contribution in [0.5, 0.6) is 0 Å². The third kappa shape index (κ3) is 3.04. The summed E-state index contributed by atoms with van der Waals surface area (Å²) in [6, 6.07) is 7.03. The molecule has 2 heterocycles. The summed E-state index contributed by atoms with van der Waals surface area (Å²) in [4.78, 5) is 26.3. The first-order valence-corrected chi connectivity index (χ1v) is 5.60. The first kappa shape index (κ1) is 12.0. The van der Waals surface area contributed by atoms with E-state index in [4.69, 9.17) is 0 Å². The average molecular weight is 243 g/mol. The lowest BCUT2D eigenvalue weighted by atomic mass is 10.3. The Morgan fingerprint density at radius 3 is 3.00 bits per heavy atom. The number of anilines is 1. The number of nitrogens with zero attached hydrogens (tertiary/aromatic N) is 2. The zero-order chi connectivity index (χ0) is 12.8. The van der Waals surface area contributed by atoms with Crippen molar-refractivity contribution < 1.29 is 9.59 Å². The van der Waals surface area contributed by atoms with Crippen LogP contribution in [0.25, 0.3) is 0 Å². The molecule has 1 amide bonds. The van der Waals surface area contributed by atoms with Crippen molar-refractivity contribution in [1.29, 1.82) is 0 Å². The lowest BCUT2D eigenvalue weighted by molar-refractivity contribution is -0.116. The van der Waals surface area contributed by atoms with Gasteiger partial charge in [-0.05, 0) is 24.3 Å². The van der Waals surface area contributed by atoms with Gasteiger partial charge in [0, 0.05) is 25.4 Å². The second-order valence-electron chi connectivity index (χ2n) is 3.78. The Hall–Kier alpha value is -2.43. The molecule has 0 aliphatic rings. The van der Waals surface area contributed by atoms with Gasteiger partial charge in [0.25, 0.3) is 0 Å². The topological polar surface area (TPSA) is 64.0 Å². The van der Waals surface area contributed by atoms with E-state index in [1.807, 2.05) is 0 Å². The number of rotatable bonds is 5. The van der Waals surface area contributed by atoms with Crippen molar-refractivity contribution >= 4 is 17.9 Å². The van der Waals surface area contributed by atoms with E-state index in [2.05, 4.69) is 10.3 Å². The number of nitrogens with one attached hydrogen (secondary N) is 1. The Kier molecular flexibility index (Phi) is 3.86. The van der Waals surface area contributed by atoms with Gasteiger partial charge in [-0.3, -0.25) is 14.6 Å². The molecule has 0 fully saturated rings. The maximum absolute atomic E-state index is 11.7. The highest BCUT2D eigenvalue weighted by Gasteiger charge is 2.04. The molecule has 5 nitrogen and oxygen atoms in total. The lowest BCUT2D eigenvalue weighted by Crippen LogP contribution is -2.15. The highest BCUT2D eigenvalue weighted by Crippen LogP contribution is 2.05. The van der Waals surface area contributed by atoms with Crippen LogP contribution in [0.1, 0.15) is 16.9 Å². The Labute approximate surface area is 104 Å². The number of carbonyl (C=O) groups excluding carboxylic acids is 2. The van der Waals surface area contributed by atoms with E-state index in [0.717, 1.165) is 6.29 Å². The first-order chi connectivity index (χ1) is 8.79. The van der Waals surface area contributed by atoms with Crippen molar-refractivity contribution in [2.75, 3.05) is 5.32 Å². The fourth-order valence-electron chi connectivity index (χ4n) is 1.62. The van der Waals surface area contributed by atoms with Gasteiger partial charge in [-0.15, -0.1) is 0 Å². The smallest absolute Gasteiger partial charge is 0.226 e. The molecule has 0 spiro atoms. The Bertz CT molecular complexity index is 534. The van der Waals surface area contributed by atoms with Crippen LogP contribution in [-0.2, 0) is 11.3 Å². The average Bonchev–Trinajstić information content (AvgIpc) is 2.85. The Morgan fingerprint density at radius 1 is 1.39 bits per heavy atom. The number of aromatic nitrogens is 2. The molecule has 5 heteroatoms. The van der Waals surface area contributed by atoms with Gasteiger partial charge >= 0.3 is 0 Å². The summed E-state index contributed by atoms with van der Waals surface area (Å²) in [5.74, 6) is -0.103. The Morgan fingerprint density at radius 2 is 2.28 bits per heavy atom. The largest absolute Gasteiger partial charge is 0.345 e. The molecule has 0 unspecified atom stereocenters. The van der Waals surface area contributed by atoms with Crippen molar-refractivity contribution in [3.8, 4) is 0 Å². The minimum absolute atomic E-state index is 0.103. The van der Waals surface area contributed by atoms with Gasteiger partial charge in [-0.25, -0.2) is 0 Å². The van der Waals surface area contributed by atoms with Crippen LogP contribution < -0.4 is 5.32 Å². The van der Waals surface area contributed by atoms with Crippen molar-refractivity contribution in [2.45, 2.75) is 13.0 Å². The van der Waals surface area contributed by atoms with E-state index in [0.29, 0.717) is 24.3 Å². The van der Waals surface area contributed by atoms with Crippen LogP contribution >= 0.6 is 0 Å². The molecule has 0 aliphatic carbocycles. The number of hydrogen-bond acceptors (Lipinski definition) is 3. The van der Waals surface area contributed by atoms with E-state index in [1.54, 1.807) is 47.4 Å². The molecule has 2 aromatic rings. The monoisotopic (exact) mass is 243 g/mol. The highest BCUT2D eigenvalue weighted by atomic mass is 16.1. The minimum Gasteiger partial charge on any atom is -0.345 e. The number of carbonyl (C=O) groups is 2. The van der Waals surface area contributed by atoms with Crippen LogP contribution in [0.2, 0.25) is 0 Å². The van der Waals surface area contributed by atoms with Crippen LogP contribution in [-0.4, -0.2) is 21.7 Å². The number of amides is 1. The molecule has 0 aromatic carbocycles. The molecule has 0 radical (unpaired) electrons. The zero-order valence-corrected chi connectivity index (χ0v) is 9.74. The molecule has 2 rings (SSSR count). The molecule has 1 N–H and O–H groups in total. The standard InChI is InChI=1S/C13H13N3O2/c17-10-12-4-2-7-16(12)8-5-13(18)15-11-3-1-6-14-9-11/h1-4,6-7,9-10H,5,8H2,(H,15,18). The fraction of sp³-hybridized carbons (Fsp3) is 0.154. The predicted octanol–water partition coefficient (Wildman–Crippen LogP) is 1.72. The third-order valence-corrected chi connectivity index (χ3v) is 2.51. The SMILES string of the molecule is O=Cc1cccn1CCC(=O)Nc1cccnc1. The summed E-state index contributed by atoms with van der Waals surface area (Å²) in [6.07, 6.45) is 6.10. The molecule has 0 aliphatic heterocycles. The third-order valence-electron chi connectivity index (χ3n) is 2.51. The van der Waals surface area contributed by atoms with E-state index in [1.165, 1.54) is 0 Å². The van der Waals surface area contributed by atoms with Crippen molar-refractivity contribution in [2.24, 2.45) is 0 Å². The second kappa shape index (κ2) is 5.77. The number of pyridine rings is 1. The van der Waals surface area contributed by atoms with E-state index >= 15 is 0 Å². The van der Waals surface area contributed by atoms with Gasteiger partial charge < -0.3 is 9.88 Å². The van der Waals surface area contributed by atoms with Crippen molar-refractivity contribution in [3.05, 3.63) is 48.5 Å². The molecule has 92 valence electrons. The summed E-state index contributed by atoms with van der Waals surface area (Å²) >= 11 is 0. The molecule has 18 heavy (non-hydrogen) atoms. The molecule has 0 saturated carbocycles. The molecular formula is C13H13N3O2. The van der Waals surface area contributed by atoms with Gasteiger partial charge in [-0.1, -0.05) is 0 Å². The maximum atomic E-state index is 11.7. The second-order valence-corrected chi connectivity index (χ2v) is 3.78. The van der Waals surface area contributed by atoms with Crippen LogP contribution in [0.4, 0.5) is 5.69 Å². The predicted molar refractivity (Wildman–Crippen MR) is 67.3 cm³/mol. The maximum Gasteiger partial charge on any atom is 0.226 e. The molecule has 0 atom stereocenters. The minimum atomic E-state index is -0.103. The highest BCUT2D eigenvalue weighted by molar-refractivity contribution is 5.90. The number of hydrogen-bond donors (Lipinski definition) is 1.